The molecule has 1 rings (SSSR count). The predicted molar refractivity (Wildman–Crippen MR) is 61.1 cm³/mol. The summed E-state index contributed by atoms with van der Waals surface area (Å²) in [4.78, 5) is 11.3. The molecule has 5 nitrogen and oxygen atoms in total. The Hall–Kier alpha value is -2.06. The average Bonchev–Trinajstić information content (AvgIpc) is 2.31. The molecule has 0 bridgehead atoms. The van der Waals surface area contributed by atoms with Gasteiger partial charge in [-0.2, -0.15) is 5.26 Å². The van der Waals surface area contributed by atoms with Crippen LogP contribution >= 0.6 is 0 Å². The summed E-state index contributed by atoms with van der Waals surface area (Å²) in [6.45, 7) is 2.18. The Kier molecular flexibility index (Phi) is 4.49. The van der Waals surface area contributed by atoms with Crippen LogP contribution in [0.1, 0.15) is 23.6 Å². The van der Waals surface area contributed by atoms with Crippen molar-refractivity contribution >= 4 is 5.97 Å². The van der Waals surface area contributed by atoms with Gasteiger partial charge in [-0.15, -0.1) is 0 Å². The highest BCUT2D eigenvalue weighted by atomic mass is 16.5. The maximum absolute atomic E-state index is 11.3. The Labute approximate surface area is 99.4 Å². The Balaban J connectivity index is 3.01. The number of nitriles is 1. The molecule has 5 heteroatoms. The SMILES string of the molecule is CCOC(=O)Cc1cc(CN)c(C#N)cc1O. The molecule has 17 heavy (non-hydrogen) atoms. The van der Waals surface area contributed by atoms with E-state index in [9.17, 15) is 9.90 Å². The van der Waals surface area contributed by atoms with Gasteiger partial charge in [0.05, 0.1) is 24.7 Å². The predicted octanol–water partition coefficient (Wildman–Crippen LogP) is 0.828. The number of carbonyl (C=O) groups excluding carboxylic acids is 1. The smallest absolute Gasteiger partial charge is 0.310 e. The minimum absolute atomic E-state index is 0.0294. The van der Waals surface area contributed by atoms with Gasteiger partial charge in [-0.25, -0.2) is 0 Å². The van der Waals surface area contributed by atoms with Crippen LogP contribution in [0.5, 0.6) is 5.75 Å². The third-order valence-electron chi connectivity index (χ3n) is 2.28. The second-order valence-corrected chi connectivity index (χ2v) is 3.44. The third-order valence-corrected chi connectivity index (χ3v) is 2.28. The molecule has 0 atom stereocenters. The highest BCUT2D eigenvalue weighted by Gasteiger charge is 2.12. The van der Waals surface area contributed by atoms with Crippen molar-refractivity contribution < 1.29 is 14.6 Å². The number of nitrogens with two attached hydrogens (primary N) is 1. The molecular weight excluding hydrogens is 220 g/mol. The van der Waals surface area contributed by atoms with Crippen molar-refractivity contribution in [1.82, 2.24) is 0 Å². The van der Waals surface area contributed by atoms with E-state index < -0.39 is 5.97 Å². The van der Waals surface area contributed by atoms with Crippen molar-refractivity contribution in [2.24, 2.45) is 5.73 Å². The number of benzene rings is 1. The largest absolute Gasteiger partial charge is 0.508 e. The monoisotopic (exact) mass is 234 g/mol. The quantitative estimate of drug-likeness (QED) is 0.752. The minimum atomic E-state index is -0.421. The fourth-order valence-corrected chi connectivity index (χ4v) is 1.47. The number of rotatable bonds is 4. The Bertz CT molecular complexity index is 464. The van der Waals surface area contributed by atoms with Gasteiger partial charge in [-0.3, -0.25) is 4.79 Å². The molecule has 0 saturated carbocycles. The van der Waals surface area contributed by atoms with E-state index in [4.69, 9.17) is 15.7 Å². The number of hydrogen-bond acceptors (Lipinski definition) is 5. The van der Waals surface area contributed by atoms with Crippen molar-refractivity contribution in [3.8, 4) is 11.8 Å². The maximum atomic E-state index is 11.3. The number of phenolic OH excluding ortho intramolecular Hbond substituents is 1. The summed E-state index contributed by atoms with van der Waals surface area (Å²) in [6.07, 6.45) is -0.0294. The van der Waals surface area contributed by atoms with E-state index in [1.807, 2.05) is 6.07 Å². The van der Waals surface area contributed by atoms with Gasteiger partial charge in [0.2, 0.25) is 0 Å². The van der Waals surface area contributed by atoms with Gasteiger partial charge < -0.3 is 15.6 Å². The van der Waals surface area contributed by atoms with Crippen LogP contribution in [-0.2, 0) is 22.5 Å². The van der Waals surface area contributed by atoms with Crippen molar-refractivity contribution in [1.29, 1.82) is 5.26 Å². The highest BCUT2D eigenvalue weighted by molar-refractivity contribution is 5.74. The van der Waals surface area contributed by atoms with Crippen LogP contribution in [0.15, 0.2) is 12.1 Å². The topological polar surface area (TPSA) is 96.3 Å². The first kappa shape index (κ1) is 13.0. The number of esters is 1. The summed E-state index contributed by atoms with van der Waals surface area (Å²) in [7, 11) is 0. The van der Waals surface area contributed by atoms with E-state index in [2.05, 4.69) is 0 Å². The number of ether oxygens (including phenoxy) is 1. The number of phenols is 1. The number of aromatic hydroxyl groups is 1. The van der Waals surface area contributed by atoms with Crippen LogP contribution in [0.4, 0.5) is 0 Å². The van der Waals surface area contributed by atoms with E-state index >= 15 is 0 Å². The van der Waals surface area contributed by atoms with E-state index in [1.165, 1.54) is 6.07 Å². The molecule has 0 fully saturated rings. The molecule has 1 aromatic rings. The number of hydrogen-bond donors (Lipinski definition) is 2. The van der Waals surface area contributed by atoms with Gasteiger partial charge in [0.1, 0.15) is 5.75 Å². The normalized spacial score (nSPS) is 9.71. The van der Waals surface area contributed by atoms with E-state index in [-0.39, 0.29) is 18.7 Å². The third kappa shape index (κ3) is 3.20. The molecule has 0 radical (unpaired) electrons. The molecule has 0 heterocycles. The zero-order chi connectivity index (χ0) is 12.8. The molecule has 0 aliphatic heterocycles. The first-order valence-electron chi connectivity index (χ1n) is 5.22. The zero-order valence-corrected chi connectivity index (χ0v) is 9.56. The lowest BCUT2D eigenvalue weighted by Gasteiger charge is -2.08. The van der Waals surface area contributed by atoms with Crippen LogP contribution in [0.2, 0.25) is 0 Å². The lowest BCUT2D eigenvalue weighted by molar-refractivity contribution is -0.142. The van der Waals surface area contributed by atoms with E-state index in [0.29, 0.717) is 23.3 Å². The highest BCUT2D eigenvalue weighted by Crippen LogP contribution is 2.23. The zero-order valence-electron chi connectivity index (χ0n) is 9.56. The lowest BCUT2D eigenvalue weighted by atomic mass is 10.0. The fourth-order valence-electron chi connectivity index (χ4n) is 1.47. The number of nitrogens with zero attached hydrogens (tertiary/aromatic N) is 1. The van der Waals surface area contributed by atoms with Gasteiger partial charge in [-0.05, 0) is 24.6 Å². The van der Waals surface area contributed by atoms with Gasteiger partial charge in [0, 0.05) is 12.1 Å². The Morgan fingerprint density at radius 3 is 2.76 bits per heavy atom. The molecular formula is C12H14N2O3. The van der Waals surface area contributed by atoms with Crippen molar-refractivity contribution in [2.45, 2.75) is 19.9 Å². The second kappa shape index (κ2) is 5.87. The lowest BCUT2D eigenvalue weighted by Crippen LogP contribution is -2.09. The van der Waals surface area contributed by atoms with Crippen molar-refractivity contribution in [2.75, 3.05) is 6.61 Å². The second-order valence-electron chi connectivity index (χ2n) is 3.44. The number of carbonyl (C=O) groups is 1. The van der Waals surface area contributed by atoms with Crippen LogP contribution in [0.25, 0.3) is 0 Å². The van der Waals surface area contributed by atoms with Gasteiger partial charge in [-0.1, -0.05) is 0 Å². The molecule has 0 unspecified atom stereocenters. The van der Waals surface area contributed by atoms with Gasteiger partial charge >= 0.3 is 5.97 Å². The fraction of sp³-hybridized carbons (Fsp3) is 0.333. The summed E-state index contributed by atoms with van der Waals surface area (Å²) in [6, 6.07) is 4.81. The summed E-state index contributed by atoms with van der Waals surface area (Å²) in [5, 5.41) is 18.5. The average molecular weight is 234 g/mol. The maximum Gasteiger partial charge on any atom is 0.310 e. The Morgan fingerprint density at radius 1 is 1.53 bits per heavy atom. The van der Waals surface area contributed by atoms with E-state index in [1.54, 1.807) is 13.0 Å². The van der Waals surface area contributed by atoms with E-state index in [0.717, 1.165) is 0 Å². The van der Waals surface area contributed by atoms with Crippen LogP contribution in [0.3, 0.4) is 0 Å². The van der Waals surface area contributed by atoms with Crippen molar-refractivity contribution in [3.63, 3.8) is 0 Å². The van der Waals surface area contributed by atoms with Gasteiger partial charge in [0.25, 0.3) is 0 Å². The summed E-state index contributed by atoms with van der Waals surface area (Å²) < 4.78 is 4.78. The molecule has 0 spiro atoms. The van der Waals surface area contributed by atoms with Crippen molar-refractivity contribution in [3.05, 3.63) is 28.8 Å². The van der Waals surface area contributed by atoms with Crippen LogP contribution in [-0.4, -0.2) is 17.7 Å². The molecule has 3 N–H and O–H groups in total. The standard InChI is InChI=1S/C12H14N2O3/c1-2-17-12(16)5-8-3-9(6-13)10(7-14)4-11(8)15/h3-4,15H,2,5-6,13H2,1H3. The molecule has 0 aliphatic rings. The molecule has 1 aromatic carbocycles. The molecule has 0 aromatic heterocycles. The van der Waals surface area contributed by atoms with Crippen LogP contribution < -0.4 is 5.73 Å². The molecule has 90 valence electrons. The summed E-state index contributed by atoms with van der Waals surface area (Å²) in [5.41, 5.74) is 6.82. The summed E-state index contributed by atoms with van der Waals surface area (Å²) in [5.74, 6) is -0.512. The minimum Gasteiger partial charge on any atom is -0.508 e. The first-order valence-corrected chi connectivity index (χ1v) is 5.22. The Morgan fingerprint density at radius 2 is 2.24 bits per heavy atom. The summed E-state index contributed by atoms with van der Waals surface area (Å²) >= 11 is 0. The van der Waals surface area contributed by atoms with Crippen LogP contribution in [0, 0.1) is 11.3 Å². The molecule has 0 saturated heterocycles. The molecule has 0 aliphatic carbocycles. The first-order chi connectivity index (χ1) is 8.12. The molecule has 0 amide bonds. The van der Waals surface area contributed by atoms with Gasteiger partial charge in [0.15, 0.2) is 0 Å².